The van der Waals surface area contributed by atoms with Crippen molar-refractivity contribution in [3.8, 4) is 0 Å². The third-order valence-electron chi connectivity index (χ3n) is 6.61. The Hall–Kier alpha value is -3.36. The maximum absolute atomic E-state index is 13.9. The van der Waals surface area contributed by atoms with Gasteiger partial charge in [0.1, 0.15) is 6.04 Å². The summed E-state index contributed by atoms with van der Waals surface area (Å²) in [6.45, 7) is 7.97. The van der Waals surface area contributed by atoms with Gasteiger partial charge >= 0.3 is 0 Å². The van der Waals surface area contributed by atoms with E-state index in [1.807, 2.05) is 88.4 Å². The minimum absolute atomic E-state index is 0.0741. The number of hydrogen-bond donors (Lipinski definition) is 1. The van der Waals surface area contributed by atoms with Crippen LogP contribution in [0.3, 0.4) is 0 Å². The normalized spacial score (nSPS) is 12.2. The molecule has 3 rings (SSSR count). The molecule has 0 saturated carbocycles. The van der Waals surface area contributed by atoms with Crippen LogP contribution in [0.1, 0.15) is 48.9 Å². The number of rotatable bonds is 13. The Morgan fingerprint density at radius 1 is 0.902 bits per heavy atom. The van der Waals surface area contributed by atoms with Crippen molar-refractivity contribution < 1.29 is 18.0 Å². The fraction of sp³-hybridized carbons (Fsp3) is 0.375. The molecule has 220 valence electrons. The highest BCUT2D eigenvalue weighted by Crippen LogP contribution is 2.23. The molecule has 1 atom stereocenters. The third-order valence-corrected chi connectivity index (χ3v) is 8.06. The van der Waals surface area contributed by atoms with Crippen molar-refractivity contribution in [2.45, 2.75) is 65.6 Å². The summed E-state index contributed by atoms with van der Waals surface area (Å²) in [5, 5.41) is 3.56. The molecule has 0 aliphatic carbocycles. The van der Waals surface area contributed by atoms with E-state index >= 15 is 0 Å². The molecule has 3 aromatic rings. The first-order valence-electron chi connectivity index (χ1n) is 13.8. The van der Waals surface area contributed by atoms with E-state index in [0.717, 1.165) is 22.3 Å². The molecule has 0 aromatic heterocycles. The summed E-state index contributed by atoms with van der Waals surface area (Å²) in [7, 11) is -3.57. The molecule has 9 heteroatoms. The molecule has 0 fully saturated rings. The molecule has 0 radical (unpaired) electrons. The summed E-state index contributed by atoms with van der Waals surface area (Å²) in [5.41, 5.74) is 4.26. The summed E-state index contributed by atoms with van der Waals surface area (Å²) in [5.74, 6) is -0.465. The zero-order chi connectivity index (χ0) is 30.2. The number of halogens is 1. The summed E-state index contributed by atoms with van der Waals surface area (Å²) in [6.07, 6.45) is 1.88. The van der Waals surface area contributed by atoms with Gasteiger partial charge in [0.05, 0.1) is 11.9 Å². The van der Waals surface area contributed by atoms with E-state index in [1.165, 1.54) is 10.6 Å². The third kappa shape index (κ3) is 9.90. The van der Waals surface area contributed by atoms with Crippen molar-refractivity contribution in [1.29, 1.82) is 0 Å². The molecule has 7 nitrogen and oxygen atoms in total. The van der Waals surface area contributed by atoms with Gasteiger partial charge in [-0.1, -0.05) is 60.1 Å². The number of benzene rings is 3. The van der Waals surface area contributed by atoms with Crippen LogP contribution in [0.25, 0.3) is 0 Å². The number of carbonyl (C=O) groups excluding carboxylic acids is 2. The first-order valence-corrected chi connectivity index (χ1v) is 16.0. The average molecular weight is 598 g/mol. The Bertz CT molecular complexity index is 1410. The Kier molecular flexibility index (Phi) is 11.4. The number of aryl methyl sites for hydroxylation is 2. The molecule has 3 aromatic carbocycles. The largest absolute Gasteiger partial charge is 0.352 e. The zero-order valence-corrected chi connectivity index (χ0v) is 26.0. The highest BCUT2D eigenvalue weighted by atomic mass is 35.5. The first kappa shape index (κ1) is 32.2. The number of sulfonamides is 1. The SMILES string of the molecule is Cc1cc(C)cc(N(CCCC(=O)N(Cc2ccc(Cl)cc2)[C@@H](Cc2ccccc2)C(=O)NC(C)C)S(C)(=O)=O)c1. The summed E-state index contributed by atoms with van der Waals surface area (Å²) in [4.78, 5) is 29.0. The zero-order valence-electron chi connectivity index (χ0n) is 24.4. The number of anilines is 1. The fourth-order valence-electron chi connectivity index (χ4n) is 4.82. The Morgan fingerprint density at radius 2 is 1.51 bits per heavy atom. The van der Waals surface area contributed by atoms with Gasteiger partial charge in [-0.15, -0.1) is 0 Å². The number of amides is 2. The maximum Gasteiger partial charge on any atom is 0.243 e. The van der Waals surface area contributed by atoms with Gasteiger partial charge in [-0.3, -0.25) is 13.9 Å². The molecule has 0 bridgehead atoms. The van der Waals surface area contributed by atoms with E-state index in [4.69, 9.17) is 11.6 Å². The summed E-state index contributed by atoms with van der Waals surface area (Å²) < 4.78 is 26.8. The molecular weight excluding hydrogens is 558 g/mol. The second-order valence-electron chi connectivity index (χ2n) is 10.8. The van der Waals surface area contributed by atoms with Gasteiger partial charge in [0.15, 0.2) is 0 Å². The van der Waals surface area contributed by atoms with E-state index in [2.05, 4.69) is 5.32 Å². The second-order valence-corrected chi connectivity index (χ2v) is 13.1. The minimum atomic E-state index is -3.57. The van der Waals surface area contributed by atoms with E-state index in [9.17, 15) is 18.0 Å². The standard InChI is InChI=1S/C32H40ClN3O4S/c1-23(2)34-32(38)30(21-26-10-7-6-8-11-26)35(22-27-13-15-28(33)16-14-27)31(37)12-9-17-36(41(5,39)40)29-19-24(3)18-25(4)20-29/h6-8,10-11,13-16,18-20,23,30H,9,12,17,21-22H2,1-5H3,(H,34,38)/t30-/m0/s1. The predicted octanol–water partition coefficient (Wildman–Crippen LogP) is 5.67. The van der Waals surface area contributed by atoms with E-state index in [0.29, 0.717) is 23.6 Å². The van der Waals surface area contributed by atoms with Crippen LogP contribution in [0.4, 0.5) is 5.69 Å². The lowest BCUT2D eigenvalue weighted by atomic mass is 10.0. The van der Waals surface area contributed by atoms with Gasteiger partial charge in [0, 0.05) is 37.0 Å². The van der Waals surface area contributed by atoms with Crippen molar-refractivity contribution in [3.63, 3.8) is 0 Å². The molecular formula is C32H40ClN3O4S. The molecule has 1 N–H and O–H groups in total. The van der Waals surface area contributed by atoms with Crippen LogP contribution in [-0.4, -0.2) is 50.0 Å². The van der Waals surface area contributed by atoms with Gasteiger partial charge in [-0.25, -0.2) is 8.42 Å². The van der Waals surface area contributed by atoms with Gasteiger partial charge in [0.25, 0.3) is 0 Å². The van der Waals surface area contributed by atoms with Crippen LogP contribution in [-0.2, 0) is 32.6 Å². The van der Waals surface area contributed by atoms with Crippen molar-refractivity contribution in [1.82, 2.24) is 10.2 Å². The van der Waals surface area contributed by atoms with Crippen molar-refractivity contribution in [2.75, 3.05) is 17.1 Å². The van der Waals surface area contributed by atoms with E-state index < -0.39 is 16.1 Å². The molecule has 0 heterocycles. The van der Waals surface area contributed by atoms with Crippen molar-refractivity contribution in [3.05, 3.63) is 100 Å². The maximum atomic E-state index is 13.9. The van der Waals surface area contributed by atoms with Crippen LogP contribution in [0.2, 0.25) is 5.02 Å². The molecule has 0 spiro atoms. The van der Waals surface area contributed by atoms with Crippen molar-refractivity contribution in [2.24, 2.45) is 0 Å². The highest BCUT2D eigenvalue weighted by molar-refractivity contribution is 7.92. The monoisotopic (exact) mass is 597 g/mol. The molecule has 0 saturated heterocycles. The quantitative estimate of drug-likeness (QED) is 0.275. The Morgan fingerprint density at radius 3 is 2.07 bits per heavy atom. The van der Waals surface area contributed by atoms with Crippen LogP contribution < -0.4 is 9.62 Å². The molecule has 2 amide bonds. The minimum Gasteiger partial charge on any atom is -0.352 e. The van der Waals surface area contributed by atoms with Crippen LogP contribution in [0.15, 0.2) is 72.8 Å². The smallest absolute Gasteiger partial charge is 0.243 e. The Labute approximate surface area is 249 Å². The van der Waals surface area contributed by atoms with E-state index in [1.54, 1.807) is 17.0 Å². The van der Waals surface area contributed by atoms with Gasteiger partial charge < -0.3 is 10.2 Å². The molecule has 0 aliphatic rings. The number of hydrogen-bond acceptors (Lipinski definition) is 4. The molecule has 41 heavy (non-hydrogen) atoms. The average Bonchev–Trinajstić information content (AvgIpc) is 2.88. The van der Waals surface area contributed by atoms with Crippen molar-refractivity contribution >= 4 is 39.1 Å². The molecule has 0 aliphatic heterocycles. The predicted molar refractivity (Wildman–Crippen MR) is 167 cm³/mol. The summed E-state index contributed by atoms with van der Waals surface area (Å²) >= 11 is 6.09. The van der Waals surface area contributed by atoms with Crippen LogP contribution in [0.5, 0.6) is 0 Å². The summed E-state index contributed by atoms with van der Waals surface area (Å²) in [6, 6.07) is 21.6. The highest BCUT2D eigenvalue weighted by Gasteiger charge is 2.31. The van der Waals surface area contributed by atoms with Gasteiger partial charge in [-0.2, -0.15) is 0 Å². The topological polar surface area (TPSA) is 86.8 Å². The number of nitrogens with one attached hydrogen (secondary N) is 1. The van der Waals surface area contributed by atoms with Crippen LogP contribution in [0, 0.1) is 13.8 Å². The van der Waals surface area contributed by atoms with Crippen LogP contribution >= 0.6 is 11.6 Å². The number of nitrogens with zero attached hydrogens (tertiary/aromatic N) is 2. The lowest BCUT2D eigenvalue weighted by molar-refractivity contribution is -0.141. The Balaban J connectivity index is 1.89. The lowest BCUT2D eigenvalue weighted by Crippen LogP contribution is -2.51. The fourth-order valence-corrected chi connectivity index (χ4v) is 5.89. The molecule has 0 unspecified atom stereocenters. The van der Waals surface area contributed by atoms with Gasteiger partial charge in [-0.05, 0) is 80.6 Å². The second kappa shape index (κ2) is 14.5. The van der Waals surface area contributed by atoms with E-state index in [-0.39, 0.29) is 37.4 Å². The van der Waals surface area contributed by atoms with Gasteiger partial charge in [0.2, 0.25) is 21.8 Å². The lowest BCUT2D eigenvalue weighted by Gasteiger charge is -2.32. The number of carbonyl (C=O) groups is 2. The first-order chi connectivity index (χ1) is 19.3.